The summed E-state index contributed by atoms with van der Waals surface area (Å²) >= 11 is 0. The lowest BCUT2D eigenvalue weighted by Gasteiger charge is -2.33. The number of amides is 1. The number of benzene rings is 2. The molecule has 0 saturated heterocycles. The van der Waals surface area contributed by atoms with Crippen molar-refractivity contribution >= 4 is 11.7 Å². The lowest BCUT2D eigenvalue weighted by Crippen LogP contribution is -2.35. The maximum absolute atomic E-state index is 13.7. The van der Waals surface area contributed by atoms with Gasteiger partial charge in [-0.2, -0.15) is 18.3 Å². The molecule has 0 saturated carbocycles. The number of nitrogens with one attached hydrogen (secondary N) is 2. The minimum atomic E-state index is -4.48. The Hall–Kier alpha value is -3.29. The van der Waals surface area contributed by atoms with Gasteiger partial charge in [-0.1, -0.05) is 60.7 Å². The lowest BCUT2D eigenvalue weighted by molar-refractivity contribution is -0.173. The molecule has 0 bridgehead atoms. The molecule has 1 aromatic heterocycles. The number of rotatable bonds is 4. The van der Waals surface area contributed by atoms with E-state index >= 15 is 0 Å². The summed E-state index contributed by atoms with van der Waals surface area (Å²) < 4.78 is 42.0. The highest BCUT2D eigenvalue weighted by Gasteiger charge is 2.46. The van der Waals surface area contributed by atoms with Gasteiger partial charge in [0.25, 0.3) is 5.91 Å². The van der Waals surface area contributed by atoms with Crippen LogP contribution in [0.2, 0.25) is 0 Å². The predicted octanol–water partition coefficient (Wildman–Crippen LogP) is 4.47. The van der Waals surface area contributed by atoms with Crippen LogP contribution in [-0.2, 0) is 6.54 Å². The van der Waals surface area contributed by atoms with Crippen LogP contribution in [0.5, 0.6) is 0 Å². The molecular weight excluding hydrogens is 381 g/mol. The van der Waals surface area contributed by atoms with E-state index in [0.29, 0.717) is 0 Å². The topological polar surface area (TPSA) is 59.0 Å². The van der Waals surface area contributed by atoms with Crippen LogP contribution < -0.4 is 10.6 Å². The number of nitrogens with zero attached hydrogens (tertiary/aromatic N) is 2. The third-order valence-corrected chi connectivity index (χ3v) is 4.92. The van der Waals surface area contributed by atoms with E-state index in [1.807, 2.05) is 36.4 Å². The highest BCUT2D eigenvalue weighted by Crippen LogP contribution is 2.43. The molecule has 2 N–H and O–H groups in total. The molecule has 8 heteroatoms. The van der Waals surface area contributed by atoms with Crippen molar-refractivity contribution < 1.29 is 18.0 Å². The van der Waals surface area contributed by atoms with Crippen LogP contribution in [0.4, 0.5) is 19.0 Å². The minimum Gasteiger partial charge on any atom is -0.363 e. The van der Waals surface area contributed by atoms with Crippen molar-refractivity contribution in [3.05, 3.63) is 83.6 Å². The second-order valence-electron chi connectivity index (χ2n) is 6.93. The molecule has 0 aliphatic carbocycles. The Kier molecular flexibility index (Phi) is 5.00. The van der Waals surface area contributed by atoms with E-state index in [0.717, 1.165) is 15.8 Å². The molecule has 0 spiro atoms. The molecule has 29 heavy (non-hydrogen) atoms. The van der Waals surface area contributed by atoms with E-state index in [2.05, 4.69) is 15.7 Å². The van der Waals surface area contributed by atoms with Gasteiger partial charge in [-0.3, -0.25) is 4.79 Å². The van der Waals surface area contributed by atoms with Gasteiger partial charge >= 0.3 is 6.18 Å². The van der Waals surface area contributed by atoms with Crippen molar-refractivity contribution in [2.24, 2.45) is 0 Å². The van der Waals surface area contributed by atoms with Crippen molar-refractivity contribution in [3.63, 3.8) is 0 Å². The monoisotopic (exact) mass is 400 g/mol. The molecular formula is C21H19F3N4O. The summed E-state index contributed by atoms with van der Waals surface area (Å²) in [6, 6.07) is 17.2. The number of hydrogen-bond donors (Lipinski definition) is 2. The fourth-order valence-corrected chi connectivity index (χ4v) is 3.46. The van der Waals surface area contributed by atoms with Gasteiger partial charge in [0, 0.05) is 19.0 Å². The summed E-state index contributed by atoms with van der Waals surface area (Å²) in [7, 11) is 0. The van der Waals surface area contributed by atoms with Crippen molar-refractivity contribution in [3.8, 4) is 0 Å². The van der Waals surface area contributed by atoms with E-state index < -0.39 is 24.2 Å². The first-order valence-corrected chi connectivity index (χ1v) is 9.21. The third-order valence-electron chi connectivity index (χ3n) is 4.92. The summed E-state index contributed by atoms with van der Waals surface area (Å²) in [6.07, 6.45) is -4.68. The van der Waals surface area contributed by atoms with Crippen LogP contribution in [-0.4, -0.2) is 21.9 Å². The molecule has 2 heterocycles. The van der Waals surface area contributed by atoms with Gasteiger partial charge in [-0.05, 0) is 11.1 Å². The van der Waals surface area contributed by atoms with E-state index in [4.69, 9.17) is 0 Å². The van der Waals surface area contributed by atoms with Gasteiger partial charge in [0.1, 0.15) is 5.82 Å². The van der Waals surface area contributed by atoms with E-state index in [9.17, 15) is 18.0 Å². The summed E-state index contributed by atoms with van der Waals surface area (Å²) in [5, 5.41) is 9.74. The van der Waals surface area contributed by atoms with Crippen molar-refractivity contribution in [2.45, 2.75) is 31.2 Å². The number of carbonyl (C=O) groups is 1. The van der Waals surface area contributed by atoms with Gasteiger partial charge in [0.2, 0.25) is 0 Å². The summed E-state index contributed by atoms with van der Waals surface area (Å²) in [6.45, 7) is 0.268. The molecule has 5 nitrogen and oxygen atoms in total. The molecule has 2 aromatic carbocycles. The van der Waals surface area contributed by atoms with Crippen LogP contribution >= 0.6 is 0 Å². The first-order valence-electron chi connectivity index (χ1n) is 9.21. The number of hydrogen-bond acceptors (Lipinski definition) is 3. The molecule has 1 aliphatic rings. The Morgan fingerprint density at radius 3 is 2.41 bits per heavy atom. The third kappa shape index (κ3) is 4.11. The smallest absolute Gasteiger partial charge is 0.363 e. The van der Waals surface area contributed by atoms with Gasteiger partial charge in [-0.25, -0.2) is 4.68 Å². The fraction of sp³-hybridized carbons (Fsp3) is 0.238. The molecule has 1 amide bonds. The zero-order valence-electron chi connectivity index (χ0n) is 15.4. The quantitative estimate of drug-likeness (QED) is 0.679. The van der Waals surface area contributed by atoms with Crippen LogP contribution in [0.1, 0.15) is 40.1 Å². The SMILES string of the molecule is O=C(NCc1ccccc1)c1cc2n(n1)[C@@H](C(F)(F)F)C[C@H](c1ccccc1)N2. The van der Waals surface area contributed by atoms with Crippen molar-refractivity contribution in [1.82, 2.24) is 15.1 Å². The maximum Gasteiger partial charge on any atom is 0.410 e. The van der Waals surface area contributed by atoms with Crippen molar-refractivity contribution in [1.29, 1.82) is 0 Å². The number of carbonyl (C=O) groups excluding carboxylic acids is 1. The van der Waals surface area contributed by atoms with Gasteiger partial charge < -0.3 is 10.6 Å². The minimum absolute atomic E-state index is 0.0496. The highest BCUT2D eigenvalue weighted by atomic mass is 19.4. The summed E-state index contributed by atoms with van der Waals surface area (Å²) in [5.74, 6) is -0.341. The second-order valence-corrected chi connectivity index (χ2v) is 6.93. The molecule has 0 radical (unpaired) electrons. The van der Waals surface area contributed by atoms with E-state index in [-0.39, 0.29) is 24.5 Å². The molecule has 2 atom stereocenters. The van der Waals surface area contributed by atoms with Crippen LogP contribution in [0.15, 0.2) is 66.7 Å². The zero-order valence-corrected chi connectivity index (χ0v) is 15.4. The van der Waals surface area contributed by atoms with E-state index in [1.165, 1.54) is 6.07 Å². The Labute approximate surface area is 165 Å². The number of alkyl halides is 3. The normalized spacial score (nSPS) is 18.6. The fourth-order valence-electron chi connectivity index (χ4n) is 3.46. The number of aromatic nitrogens is 2. The Morgan fingerprint density at radius 2 is 1.76 bits per heavy atom. The van der Waals surface area contributed by atoms with Crippen molar-refractivity contribution in [2.75, 3.05) is 5.32 Å². The van der Waals surface area contributed by atoms with Crippen LogP contribution in [0.25, 0.3) is 0 Å². The lowest BCUT2D eigenvalue weighted by atomic mass is 9.97. The molecule has 0 fully saturated rings. The predicted molar refractivity (Wildman–Crippen MR) is 102 cm³/mol. The average molecular weight is 400 g/mol. The molecule has 4 rings (SSSR count). The van der Waals surface area contributed by atoms with Gasteiger partial charge in [0.15, 0.2) is 11.7 Å². The number of anilines is 1. The molecule has 1 aliphatic heterocycles. The molecule has 0 unspecified atom stereocenters. The molecule has 3 aromatic rings. The Balaban J connectivity index is 1.58. The maximum atomic E-state index is 13.7. The molecule has 150 valence electrons. The van der Waals surface area contributed by atoms with E-state index in [1.54, 1.807) is 24.3 Å². The highest BCUT2D eigenvalue weighted by molar-refractivity contribution is 5.93. The largest absolute Gasteiger partial charge is 0.410 e. The average Bonchev–Trinajstić information content (AvgIpc) is 3.16. The first kappa shape index (κ1) is 19.0. The number of halogens is 3. The van der Waals surface area contributed by atoms with Crippen LogP contribution in [0.3, 0.4) is 0 Å². The standard InChI is InChI=1S/C21H19F3N4O/c22-21(23,24)18-11-16(15-9-5-2-6-10-15)26-19-12-17(27-28(18)19)20(29)25-13-14-7-3-1-4-8-14/h1-10,12,16,18,26H,11,13H2,(H,25,29)/t16-,18-/m1/s1. The Bertz CT molecular complexity index is 986. The second kappa shape index (κ2) is 7.62. The Morgan fingerprint density at radius 1 is 1.10 bits per heavy atom. The summed E-state index contributed by atoms with van der Waals surface area (Å²) in [4.78, 5) is 12.4. The van der Waals surface area contributed by atoms with Crippen LogP contribution in [0, 0.1) is 0 Å². The van der Waals surface area contributed by atoms with Gasteiger partial charge in [0.05, 0.1) is 6.04 Å². The van der Waals surface area contributed by atoms with Gasteiger partial charge in [-0.15, -0.1) is 0 Å². The number of fused-ring (bicyclic) bond motifs is 1. The first-order chi connectivity index (χ1) is 13.9. The summed E-state index contributed by atoms with van der Waals surface area (Å²) in [5.41, 5.74) is 1.59. The zero-order chi connectivity index (χ0) is 20.4.